The van der Waals surface area contributed by atoms with Crippen molar-refractivity contribution in [3.8, 4) is 0 Å². The number of aryl methyl sites for hydroxylation is 2. The van der Waals surface area contributed by atoms with Gasteiger partial charge in [0, 0.05) is 19.6 Å². The molecule has 2 N–H and O–H groups in total. The molecule has 0 spiro atoms. The van der Waals surface area contributed by atoms with Crippen LogP contribution in [0.3, 0.4) is 0 Å². The first-order valence-electron chi connectivity index (χ1n) is 7.24. The van der Waals surface area contributed by atoms with Gasteiger partial charge in [-0.1, -0.05) is 12.8 Å². The van der Waals surface area contributed by atoms with E-state index in [0.717, 1.165) is 29.7 Å². The molecule has 3 rings (SSSR count). The van der Waals surface area contributed by atoms with Crippen LogP contribution in [0.25, 0.3) is 0 Å². The van der Waals surface area contributed by atoms with Crippen molar-refractivity contribution in [1.82, 2.24) is 9.78 Å². The van der Waals surface area contributed by atoms with E-state index in [1.807, 2.05) is 18.7 Å². The zero-order valence-electron chi connectivity index (χ0n) is 11.5. The number of hydrogen-bond donors (Lipinski definition) is 1. The Kier molecular flexibility index (Phi) is 2.96. The minimum Gasteiger partial charge on any atom is -0.394 e. The largest absolute Gasteiger partial charge is 0.394 e. The molecule has 4 nitrogen and oxygen atoms in total. The van der Waals surface area contributed by atoms with Gasteiger partial charge in [-0.05, 0) is 38.5 Å². The molecule has 1 aliphatic carbocycles. The van der Waals surface area contributed by atoms with Crippen molar-refractivity contribution in [3.05, 3.63) is 5.69 Å². The molecule has 1 aromatic heterocycles. The molecule has 2 heterocycles. The van der Waals surface area contributed by atoms with Crippen molar-refractivity contribution < 1.29 is 0 Å². The van der Waals surface area contributed by atoms with Gasteiger partial charge < -0.3 is 10.6 Å². The summed E-state index contributed by atoms with van der Waals surface area (Å²) in [5.41, 5.74) is 8.07. The Balaban J connectivity index is 1.94. The maximum atomic E-state index is 6.23. The lowest BCUT2D eigenvalue weighted by molar-refractivity contribution is 0.241. The summed E-state index contributed by atoms with van der Waals surface area (Å²) in [6.07, 6.45) is 8.21. The predicted octanol–water partition coefficient (Wildman–Crippen LogP) is 2.47. The van der Waals surface area contributed by atoms with E-state index in [4.69, 9.17) is 5.73 Å². The average Bonchev–Trinajstić information content (AvgIpc) is 2.63. The Bertz CT molecular complexity index is 435. The minimum atomic E-state index is 0.699. The van der Waals surface area contributed by atoms with Crippen LogP contribution in [-0.4, -0.2) is 22.4 Å². The summed E-state index contributed by atoms with van der Waals surface area (Å²) in [4.78, 5) is 2.54. The number of anilines is 2. The highest BCUT2D eigenvalue weighted by molar-refractivity contribution is 5.66. The lowest BCUT2D eigenvalue weighted by Crippen LogP contribution is -2.47. The molecule has 1 aromatic rings. The summed E-state index contributed by atoms with van der Waals surface area (Å²) in [7, 11) is 2.02. The zero-order valence-corrected chi connectivity index (χ0v) is 11.5. The van der Waals surface area contributed by atoms with Crippen LogP contribution in [-0.2, 0) is 7.05 Å². The summed E-state index contributed by atoms with van der Waals surface area (Å²) >= 11 is 0. The van der Waals surface area contributed by atoms with Gasteiger partial charge in [0.15, 0.2) is 5.82 Å². The SMILES string of the molecule is Cc1nn(C)c(N2CCC[C@H]3CCCC[C@H]32)c1N. The van der Waals surface area contributed by atoms with Crippen molar-refractivity contribution >= 4 is 11.5 Å². The highest BCUT2D eigenvalue weighted by atomic mass is 15.4. The fourth-order valence-electron chi connectivity index (χ4n) is 3.89. The molecule has 0 aromatic carbocycles. The lowest BCUT2D eigenvalue weighted by atomic mass is 9.78. The number of aromatic nitrogens is 2. The lowest BCUT2D eigenvalue weighted by Gasteiger charge is -2.45. The highest BCUT2D eigenvalue weighted by Crippen LogP contribution is 2.39. The molecule has 1 aliphatic heterocycles. The van der Waals surface area contributed by atoms with Crippen LogP contribution in [0.5, 0.6) is 0 Å². The van der Waals surface area contributed by atoms with Crippen LogP contribution >= 0.6 is 0 Å². The van der Waals surface area contributed by atoms with Crippen LogP contribution < -0.4 is 10.6 Å². The highest BCUT2D eigenvalue weighted by Gasteiger charge is 2.35. The molecule has 1 saturated heterocycles. The fourth-order valence-corrected chi connectivity index (χ4v) is 3.89. The Morgan fingerprint density at radius 3 is 2.61 bits per heavy atom. The van der Waals surface area contributed by atoms with Gasteiger partial charge in [-0.3, -0.25) is 4.68 Å². The van der Waals surface area contributed by atoms with Crippen LogP contribution in [0.4, 0.5) is 11.5 Å². The number of piperidine rings is 1. The summed E-state index contributed by atoms with van der Waals surface area (Å²) in [5, 5.41) is 4.47. The molecular weight excluding hydrogens is 224 g/mol. The van der Waals surface area contributed by atoms with Crippen LogP contribution in [0.15, 0.2) is 0 Å². The second kappa shape index (κ2) is 4.48. The van der Waals surface area contributed by atoms with Crippen molar-refractivity contribution in [2.75, 3.05) is 17.2 Å². The first kappa shape index (κ1) is 11.9. The third-order valence-electron chi connectivity index (χ3n) is 4.75. The number of rotatable bonds is 1. The third kappa shape index (κ3) is 1.78. The standard InChI is InChI=1S/C14H24N4/c1-10-13(15)14(17(2)16-10)18-9-5-7-11-6-3-4-8-12(11)18/h11-12H,3-9,15H2,1-2H3/t11-,12-/m1/s1. The van der Waals surface area contributed by atoms with Gasteiger partial charge in [0.25, 0.3) is 0 Å². The Morgan fingerprint density at radius 1 is 1.17 bits per heavy atom. The molecule has 2 atom stereocenters. The van der Waals surface area contributed by atoms with E-state index in [9.17, 15) is 0 Å². The minimum absolute atomic E-state index is 0.699. The van der Waals surface area contributed by atoms with Crippen molar-refractivity contribution in [3.63, 3.8) is 0 Å². The number of hydrogen-bond acceptors (Lipinski definition) is 3. The molecule has 0 bridgehead atoms. The monoisotopic (exact) mass is 248 g/mol. The fraction of sp³-hybridized carbons (Fsp3) is 0.786. The van der Waals surface area contributed by atoms with Gasteiger partial charge in [-0.2, -0.15) is 5.10 Å². The number of nitrogens with two attached hydrogens (primary N) is 1. The Morgan fingerprint density at radius 2 is 1.89 bits per heavy atom. The van der Waals surface area contributed by atoms with Gasteiger partial charge in [0.1, 0.15) is 0 Å². The molecule has 0 amide bonds. The van der Waals surface area contributed by atoms with Crippen LogP contribution in [0.1, 0.15) is 44.2 Å². The van der Waals surface area contributed by atoms with Gasteiger partial charge in [-0.25, -0.2) is 0 Å². The molecule has 2 fully saturated rings. The van der Waals surface area contributed by atoms with Crippen molar-refractivity contribution in [2.45, 2.75) is 51.5 Å². The van der Waals surface area contributed by atoms with E-state index in [1.165, 1.54) is 38.5 Å². The smallest absolute Gasteiger partial charge is 0.150 e. The van der Waals surface area contributed by atoms with E-state index < -0.39 is 0 Å². The molecule has 100 valence electrons. The van der Waals surface area contributed by atoms with Crippen LogP contribution in [0.2, 0.25) is 0 Å². The average molecular weight is 248 g/mol. The number of fused-ring (bicyclic) bond motifs is 1. The maximum absolute atomic E-state index is 6.23. The molecule has 1 saturated carbocycles. The summed E-state index contributed by atoms with van der Waals surface area (Å²) in [6.45, 7) is 3.14. The molecule has 18 heavy (non-hydrogen) atoms. The van der Waals surface area contributed by atoms with E-state index in [1.54, 1.807) is 0 Å². The second-order valence-corrected chi connectivity index (χ2v) is 5.89. The van der Waals surface area contributed by atoms with Crippen LogP contribution in [0, 0.1) is 12.8 Å². The van der Waals surface area contributed by atoms with E-state index >= 15 is 0 Å². The number of nitrogens with zero attached hydrogens (tertiary/aromatic N) is 3. The summed E-state index contributed by atoms with van der Waals surface area (Å²) < 4.78 is 1.97. The molecule has 2 aliphatic rings. The molecule has 4 heteroatoms. The first-order chi connectivity index (χ1) is 8.68. The number of nitrogen functional groups attached to an aromatic ring is 1. The molecular formula is C14H24N4. The van der Waals surface area contributed by atoms with Gasteiger partial charge in [-0.15, -0.1) is 0 Å². The van der Waals surface area contributed by atoms with Crippen molar-refractivity contribution in [2.24, 2.45) is 13.0 Å². The quantitative estimate of drug-likeness (QED) is 0.830. The maximum Gasteiger partial charge on any atom is 0.150 e. The van der Waals surface area contributed by atoms with E-state index in [0.29, 0.717) is 6.04 Å². The summed E-state index contributed by atoms with van der Waals surface area (Å²) in [6, 6.07) is 0.699. The topological polar surface area (TPSA) is 47.1 Å². The van der Waals surface area contributed by atoms with Gasteiger partial charge in [0.05, 0.1) is 11.4 Å². The predicted molar refractivity (Wildman–Crippen MR) is 74.7 cm³/mol. The summed E-state index contributed by atoms with van der Waals surface area (Å²) in [5.74, 6) is 2.03. The van der Waals surface area contributed by atoms with Gasteiger partial charge in [0.2, 0.25) is 0 Å². The van der Waals surface area contributed by atoms with E-state index in [-0.39, 0.29) is 0 Å². The Labute approximate surface area is 109 Å². The first-order valence-corrected chi connectivity index (χ1v) is 7.24. The zero-order chi connectivity index (χ0) is 12.7. The normalized spacial score (nSPS) is 28.2. The molecule has 0 radical (unpaired) electrons. The second-order valence-electron chi connectivity index (χ2n) is 5.89. The Hall–Kier alpha value is -1.19. The van der Waals surface area contributed by atoms with Crippen molar-refractivity contribution in [1.29, 1.82) is 0 Å². The van der Waals surface area contributed by atoms with E-state index in [2.05, 4.69) is 10.00 Å². The third-order valence-corrected chi connectivity index (χ3v) is 4.75. The molecule has 0 unspecified atom stereocenters. The van der Waals surface area contributed by atoms with Gasteiger partial charge >= 0.3 is 0 Å².